The molecule has 0 atom stereocenters. The van der Waals surface area contributed by atoms with Gasteiger partial charge in [-0.15, -0.1) is 0 Å². The zero-order valence-electron chi connectivity index (χ0n) is 10.4. The number of nitrogens with zero attached hydrogens (tertiary/aromatic N) is 1. The maximum Gasteiger partial charge on any atom is 0.253 e. The largest absolute Gasteiger partial charge is 0.396 e. The van der Waals surface area contributed by atoms with Gasteiger partial charge < -0.3 is 16.4 Å². The molecule has 1 saturated heterocycles. The van der Waals surface area contributed by atoms with Crippen LogP contribution in [0.1, 0.15) is 23.2 Å². The highest BCUT2D eigenvalue weighted by Gasteiger charge is 2.26. The van der Waals surface area contributed by atoms with Crippen LogP contribution in [0.3, 0.4) is 0 Å². The van der Waals surface area contributed by atoms with Gasteiger partial charge in [0.25, 0.3) is 5.91 Å². The summed E-state index contributed by atoms with van der Waals surface area (Å²) < 4.78 is 13.3. The number of carbonyl (C=O) groups excluding carboxylic acids is 2. The molecule has 1 heterocycles. The third-order valence-electron chi connectivity index (χ3n) is 3.43. The van der Waals surface area contributed by atoms with Crippen LogP contribution in [-0.4, -0.2) is 29.8 Å². The van der Waals surface area contributed by atoms with Crippen molar-refractivity contribution in [3.8, 4) is 0 Å². The van der Waals surface area contributed by atoms with Crippen LogP contribution in [0.2, 0.25) is 0 Å². The smallest absolute Gasteiger partial charge is 0.253 e. The predicted molar refractivity (Wildman–Crippen MR) is 68.6 cm³/mol. The second-order valence-electron chi connectivity index (χ2n) is 4.71. The first-order chi connectivity index (χ1) is 8.99. The maximum absolute atomic E-state index is 13.3. The fourth-order valence-electron chi connectivity index (χ4n) is 2.21. The van der Waals surface area contributed by atoms with Crippen LogP contribution in [0.15, 0.2) is 18.2 Å². The molecule has 2 amide bonds. The van der Waals surface area contributed by atoms with Crippen molar-refractivity contribution < 1.29 is 14.0 Å². The summed E-state index contributed by atoms with van der Waals surface area (Å²) in [7, 11) is 0. The first-order valence-electron chi connectivity index (χ1n) is 6.12. The van der Waals surface area contributed by atoms with Crippen molar-refractivity contribution in [2.24, 2.45) is 11.7 Å². The number of anilines is 1. The average molecular weight is 265 g/mol. The lowest BCUT2D eigenvalue weighted by Crippen LogP contribution is -2.41. The van der Waals surface area contributed by atoms with Gasteiger partial charge in [-0.1, -0.05) is 0 Å². The lowest BCUT2D eigenvalue weighted by Gasteiger charge is -2.30. The molecule has 0 aliphatic carbocycles. The van der Waals surface area contributed by atoms with E-state index in [0.717, 1.165) is 6.07 Å². The van der Waals surface area contributed by atoms with E-state index in [9.17, 15) is 14.0 Å². The molecule has 1 aliphatic rings. The fourth-order valence-corrected chi connectivity index (χ4v) is 2.21. The summed E-state index contributed by atoms with van der Waals surface area (Å²) in [6, 6.07) is 4.01. The Labute approximate surface area is 110 Å². The van der Waals surface area contributed by atoms with Gasteiger partial charge in [-0.3, -0.25) is 9.59 Å². The molecule has 5 nitrogen and oxygen atoms in total. The quantitative estimate of drug-likeness (QED) is 0.773. The van der Waals surface area contributed by atoms with Gasteiger partial charge in [0, 0.05) is 24.6 Å². The average Bonchev–Trinajstić information content (AvgIpc) is 2.41. The van der Waals surface area contributed by atoms with Crippen LogP contribution in [0.25, 0.3) is 0 Å². The van der Waals surface area contributed by atoms with Gasteiger partial charge in [-0.05, 0) is 31.0 Å². The summed E-state index contributed by atoms with van der Waals surface area (Å²) in [5.74, 6) is -1.35. The molecule has 0 unspecified atom stereocenters. The van der Waals surface area contributed by atoms with Gasteiger partial charge in [0.15, 0.2) is 0 Å². The van der Waals surface area contributed by atoms with Crippen LogP contribution < -0.4 is 11.5 Å². The van der Waals surface area contributed by atoms with Gasteiger partial charge in [0.1, 0.15) is 5.82 Å². The van der Waals surface area contributed by atoms with E-state index in [1.165, 1.54) is 12.1 Å². The highest BCUT2D eigenvalue weighted by atomic mass is 19.1. The van der Waals surface area contributed by atoms with Crippen molar-refractivity contribution >= 4 is 17.5 Å². The van der Waals surface area contributed by atoms with Gasteiger partial charge >= 0.3 is 0 Å². The molecule has 1 fully saturated rings. The molecule has 4 N–H and O–H groups in total. The highest BCUT2D eigenvalue weighted by molar-refractivity contribution is 5.94. The summed E-state index contributed by atoms with van der Waals surface area (Å²) in [6.07, 6.45) is 1.11. The van der Waals surface area contributed by atoms with Crippen LogP contribution >= 0.6 is 0 Å². The van der Waals surface area contributed by atoms with E-state index in [0.29, 0.717) is 25.9 Å². The molecule has 2 rings (SSSR count). The Balaban J connectivity index is 2.05. The van der Waals surface area contributed by atoms with E-state index in [1.807, 2.05) is 0 Å². The molecule has 1 aromatic rings. The first-order valence-corrected chi connectivity index (χ1v) is 6.12. The first kappa shape index (κ1) is 13.3. The molecule has 1 aromatic carbocycles. The standard InChI is InChI=1S/C13H16FN3O2/c14-10-7-9(1-2-11(10)15)13(19)17-5-3-8(4-6-17)12(16)18/h1-2,7-8H,3-6,15H2,(H2,16,18). The Kier molecular flexibility index (Phi) is 3.69. The number of rotatable bonds is 2. The lowest BCUT2D eigenvalue weighted by molar-refractivity contribution is -0.123. The molecular formula is C13H16FN3O2. The normalized spacial score (nSPS) is 16.4. The minimum Gasteiger partial charge on any atom is -0.396 e. The number of carbonyl (C=O) groups is 2. The number of benzene rings is 1. The van der Waals surface area contributed by atoms with Gasteiger partial charge in [-0.2, -0.15) is 0 Å². The Morgan fingerprint density at radius 1 is 1.26 bits per heavy atom. The Hall–Kier alpha value is -2.11. The molecular weight excluding hydrogens is 249 g/mol. The third kappa shape index (κ3) is 2.83. The summed E-state index contributed by atoms with van der Waals surface area (Å²) in [4.78, 5) is 24.8. The van der Waals surface area contributed by atoms with Crippen LogP contribution in [-0.2, 0) is 4.79 Å². The summed E-state index contributed by atoms with van der Waals surface area (Å²) in [5, 5.41) is 0. The molecule has 1 aliphatic heterocycles. The summed E-state index contributed by atoms with van der Waals surface area (Å²) in [6.45, 7) is 0.914. The van der Waals surface area contributed by atoms with E-state index in [4.69, 9.17) is 11.5 Å². The zero-order chi connectivity index (χ0) is 14.0. The zero-order valence-corrected chi connectivity index (χ0v) is 10.4. The van der Waals surface area contributed by atoms with Crippen molar-refractivity contribution in [3.63, 3.8) is 0 Å². The number of likely N-dealkylation sites (tertiary alicyclic amines) is 1. The van der Waals surface area contributed by atoms with Gasteiger partial charge in [0.05, 0.1) is 5.69 Å². The number of piperidine rings is 1. The lowest BCUT2D eigenvalue weighted by atomic mass is 9.96. The minimum absolute atomic E-state index is 0.0176. The molecule has 102 valence electrons. The number of primary amides is 1. The Morgan fingerprint density at radius 2 is 1.89 bits per heavy atom. The molecule has 0 spiro atoms. The van der Waals surface area contributed by atoms with E-state index in [-0.39, 0.29) is 29.0 Å². The van der Waals surface area contributed by atoms with Crippen molar-refractivity contribution in [1.82, 2.24) is 4.90 Å². The summed E-state index contributed by atoms with van der Waals surface area (Å²) in [5.41, 5.74) is 10.9. The van der Waals surface area contributed by atoms with Crippen molar-refractivity contribution in [1.29, 1.82) is 0 Å². The Bertz CT molecular complexity index is 511. The minimum atomic E-state index is -0.599. The van der Waals surface area contributed by atoms with Crippen LogP contribution in [0.4, 0.5) is 10.1 Å². The molecule has 6 heteroatoms. The molecule has 0 saturated carbocycles. The number of hydrogen-bond acceptors (Lipinski definition) is 3. The van der Waals surface area contributed by atoms with E-state index in [2.05, 4.69) is 0 Å². The number of hydrogen-bond donors (Lipinski definition) is 2. The molecule has 0 bridgehead atoms. The van der Waals surface area contributed by atoms with Crippen LogP contribution in [0.5, 0.6) is 0 Å². The van der Waals surface area contributed by atoms with E-state index in [1.54, 1.807) is 4.90 Å². The summed E-state index contributed by atoms with van der Waals surface area (Å²) >= 11 is 0. The van der Waals surface area contributed by atoms with Crippen molar-refractivity contribution in [2.45, 2.75) is 12.8 Å². The monoisotopic (exact) mass is 265 g/mol. The van der Waals surface area contributed by atoms with Crippen molar-refractivity contribution in [2.75, 3.05) is 18.8 Å². The third-order valence-corrected chi connectivity index (χ3v) is 3.43. The van der Waals surface area contributed by atoms with Crippen molar-refractivity contribution in [3.05, 3.63) is 29.6 Å². The van der Waals surface area contributed by atoms with Gasteiger partial charge in [-0.25, -0.2) is 4.39 Å². The molecule has 0 radical (unpaired) electrons. The Morgan fingerprint density at radius 3 is 2.42 bits per heavy atom. The second-order valence-corrected chi connectivity index (χ2v) is 4.71. The second kappa shape index (κ2) is 5.26. The van der Waals surface area contributed by atoms with E-state index < -0.39 is 5.82 Å². The maximum atomic E-state index is 13.3. The molecule has 0 aromatic heterocycles. The number of nitrogens with two attached hydrogens (primary N) is 2. The SMILES string of the molecule is NC(=O)C1CCN(C(=O)c2ccc(N)c(F)c2)CC1. The number of amides is 2. The van der Waals surface area contributed by atoms with Crippen LogP contribution in [0, 0.1) is 11.7 Å². The van der Waals surface area contributed by atoms with E-state index >= 15 is 0 Å². The molecule has 19 heavy (non-hydrogen) atoms. The number of nitrogen functional groups attached to an aromatic ring is 1. The van der Waals surface area contributed by atoms with Gasteiger partial charge in [0.2, 0.25) is 5.91 Å². The fraction of sp³-hybridized carbons (Fsp3) is 0.385. The topological polar surface area (TPSA) is 89.4 Å². The highest BCUT2D eigenvalue weighted by Crippen LogP contribution is 2.20. The number of halogens is 1. The predicted octanol–water partition coefficient (Wildman–Crippen LogP) is 0.745.